The average Bonchev–Trinajstić information content (AvgIpc) is 3.32. The van der Waals surface area contributed by atoms with Crippen molar-refractivity contribution in [3.63, 3.8) is 0 Å². The van der Waals surface area contributed by atoms with Crippen LogP contribution >= 0.6 is 11.3 Å². The van der Waals surface area contributed by atoms with Gasteiger partial charge in [-0.1, -0.05) is 11.3 Å². The van der Waals surface area contributed by atoms with E-state index in [2.05, 4.69) is 4.98 Å². The van der Waals surface area contributed by atoms with Crippen LogP contribution in [-0.4, -0.2) is 55.4 Å². The number of benzene rings is 2. The van der Waals surface area contributed by atoms with Gasteiger partial charge in [-0.25, -0.2) is 18.2 Å². The molecule has 10 heteroatoms. The molecule has 6 nitrogen and oxygen atoms in total. The van der Waals surface area contributed by atoms with E-state index in [0.717, 1.165) is 17.4 Å². The van der Waals surface area contributed by atoms with E-state index < -0.39 is 23.4 Å². The molecule has 1 atom stereocenters. The first-order valence-electron chi connectivity index (χ1n) is 10.0. The molecule has 1 saturated heterocycles. The maximum Gasteiger partial charge on any atom is 0.234 e. The van der Waals surface area contributed by atoms with Crippen LogP contribution in [-0.2, 0) is 9.59 Å². The first-order chi connectivity index (χ1) is 15.2. The van der Waals surface area contributed by atoms with E-state index in [1.165, 1.54) is 40.1 Å². The fourth-order valence-electron chi connectivity index (χ4n) is 3.63. The van der Waals surface area contributed by atoms with Crippen LogP contribution in [0.25, 0.3) is 10.2 Å². The normalized spacial score (nSPS) is 16.4. The largest absolute Gasteiger partial charge is 0.312 e. The zero-order chi connectivity index (χ0) is 23.0. The van der Waals surface area contributed by atoms with E-state index in [4.69, 9.17) is 0 Å². The number of carbonyl (C=O) groups is 2. The molecule has 168 valence electrons. The zero-order valence-corrected chi connectivity index (χ0v) is 18.3. The Kier molecular flexibility index (Phi) is 6.16. The number of fused-ring (bicyclic) bond motifs is 1. The number of aromatic nitrogens is 1. The van der Waals surface area contributed by atoms with Gasteiger partial charge in [0.2, 0.25) is 11.8 Å². The van der Waals surface area contributed by atoms with Crippen molar-refractivity contribution >= 4 is 44.2 Å². The summed E-state index contributed by atoms with van der Waals surface area (Å²) < 4.78 is 41.3. The van der Waals surface area contributed by atoms with Crippen LogP contribution in [0.1, 0.15) is 6.42 Å². The van der Waals surface area contributed by atoms with Crippen LogP contribution < -0.4 is 9.80 Å². The van der Waals surface area contributed by atoms with E-state index in [1.54, 1.807) is 0 Å². The molecule has 3 aromatic rings. The lowest BCUT2D eigenvalue weighted by molar-refractivity contribution is -0.124. The van der Waals surface area contributed by atoms with Crippen molar-refractivity contribution in [2.45, 2.75) is 6.42 Å². The first kappa shape index (κ1) is 22.2. The number of amides is 2. The van der Waals surface area contributed by atoms with Crippen molar-refractivity contribution in [3.8, 4) is 0 Å². The molecule has 0 spiro atoms. The highest BCUT2D eigenvalue weighted by Gasteiger charge is 2.38. The molecule has 2 heterocycles. The molecule has 1 aliphatic heterocycles. The van der Waals surface area contributed by atoms with Crippen LogP contribution in [0.4, 0.5) is 24.0 Å². The number of likely N-dealkylation sites (N-methyl/N-ethyl adjacent to an activating group) is 1. The Morgan fingerprint density at radius 2 is 1.84 bits per heavy atom. The minimum absolute atomic E-state index is 0.00254. The summed E-state index contributed by atoms with van der Waals surface area (Å²) in [6.45, 7) is 0.938. The third kappa shape index (κ3) is 4.46. The summed E-state index contributed by atoms with van der Waals surface area (Å²) in [5.74, 6) is -3.11. The Balaban J connectivity index is 1.62. The highest BCUT2D eigenvalue weighted by Crippen LogP contribution is 2.33. The molecule has 0 radical (unpaired) electrons. The Hall–Kier alpha value is -2.98. The molecular formula is C22H21F3N4O2S. The highest BCUT2D eigenvalue weighted by atomic mass is 32.1. The summed E-state index contributed by atoms with van der Waals surface area (Å²) in [4.78, 5) is 35.0. The van der Waals surface area contributed by atoms with E-state index in [-0.39, 0.29) is 42.0 Å². The van der Waals surface area contributed by atoms with Gasteiger partial charge < -0.3 is 9.80 Å². The number of thiazole rings is 1. The third-order valence-electron chi connectivity index (χ3n) is 5.28. The number of hydrogen-bond acceptors (Lipinski definition) is 5. The van der Waals surface area contributed by atoms with Crippen molar-refractivity contribution in [2.24, 2.45) is 5.92 Å². The van der Waals surface area contributed by atoms with Crippen molar-refractivity contribution in [1.29, 1.82) is 0 Å². The summed E-state index contributed by atoms with van der Waals surface area (Å²) in [6.07, 6.45) is 0.00254. The summed E-state index contributed by atoms with van der Waals surface area (Å²) >= 11 is 1.03. The highest BCUT2D eigenvalue weighted by molar-refractivity contribution is 7.22. The monoisotopic (exact) mass is 462 g/mol. The maximum atomic E-state index is 14.2. The smallest absolute Gasteiger partial charge is 0.234 e. The predicted molar refractivity (Wildman–Crippen MR) is 117 cm³/mol. The topological polar surface area (TPSA) is 56.8 Å². The molecule has 0 aliphatic carbocycles. The molecule has 1 unspecified atom stereocenters. The second kappa shape index (κ2) is 8.87. The molecule has 32 heavy (non-hydrogen) atoms. The van der Waals surface area contributed by atoms with E-state index >= 15 is 0 Å². The molecule has 0 saturated carbocycles. The number of anilines is 2. The lowest BCUT2D eigenvalue weighted by Crippen LogP contribution is -2.41. The van der Waals surface area contributed by atoms with Crippen molar-refractivity contribution in [1.82, 2.24) is 9.88 Å². The van der Waals surface area contributed by atoms with Crippen molar-refractivity contribution in [2.75, 3.05) is 43.5 Å². The van der Waals surface area contributed by atoms with Gasteiger partial charge in [0.05, 0.1) is 10.6 Å². The van der Waals surface area contributed by atoms with Crippen LogP contribution in [0.3, 0.4) is 0 Å². The van der Waals surface area contributed by atoms with Crippen LogP contribution in [0.15, 0.2) is 36.4 Å². The first-order valence-corrected chi connectivity index (χ1v) is 10.8. The predicted octanol–water partition coefficient (Wildman–Crippen LogP) is 3.66. The molecule has 0 bridgehead atoms. The Bertz CT molecular complexity index is 1170. The van der Waals surface area contributed by atoms with Gasteiger partial charge in [-0.2, -0.15) is 0 Å². The number of rotatable bonds is 6. The van der Waals surface area contributed by atoms with Gasteiger partial charge >= 0.3 is 0 Å². The van der Waals surface area contributed by atoms with Gasteiger partial charge in [-0.3, -0.25) is 14.5 Å². The van der Waals surface area contributed by atoms with Crippen molar-refractivity contribution < 1.29 is 22.8 Å². The number of halogens is 3. The molecule has 2 aromatic carbocycles. The van der Waals surface area contributed by atoms with Gasteiger partial charge in [0.25, 0.3) is 0 Å². The number of nitrogens with zero attached hydrogens (tertiary/aromatic N) is 4. The second-order valence-electron chi connectivity index (χ2n) is 7.91. The molecular weight excluding hydrogens is 441 g/mol. The van der Waals surface area contributed by atoms with E-state index in [1.807, 2.05) is 19.0 Å². The van der Waals surface area contributed by atoms with Crippen LogP contribution in [0.2, 0.25) is 0 Å². The Morgan fingerprint density at radius 3 is 2.53 bits per heavy atom. The Morgan fingerprint density at radius 1 is 1.12 bits per heavy atom. The minimum atomic E-state index is -0.791. The lowest BCUT2D eigenvalue weighted by atomic mass is 10.1. The molecule has 1 aliphatic rings. The van der Waals surface area contributed by atoms with Crippen LogP contribution in [0, 0.1) is 23.4 Å². The standard InChI is InChI=1S/C22H21F3N4O2S/c1-27(2)7-8-28(22-26-20-17(25)10-15(24)11-18(20)32-22)21(31)13-9-19(30)29(12-13)16-5-3-14(23)4-6-16/h3-6,10-11,13H,7-9,12H2,1-2H3. The fraction of sp³-hybridized carbons (Fsp3) is 0.318. The fourth-order valence-corrected chi connectivity index (χ4v) is 4.66. The minimum Gasteiger partial charge on any atom is -0.312 e. The van der Waals surface area contributed by atoms with Gasteiger partial charge in [0, 0.05) is 37.8 Å². The molecule has 0 N–H and O–H groups in total. The van der Waals surface area contributed by atoms with Gasteiger partial charge in [0.1, 0.15) is 17.2 Å². The van der Waals surface area contributed by atoms with Gasteiger partial charge in [0.15, 0.2) is 10.9 Å². The summed E-state index contributed by atoms with van der Waals surface area (Å²) in [5, 5.41) is 0.254. The molecule has 1 aromatic heterocycles. The number of carbonyl (C=O) groups excluding carboxylic acids is 2. The summed E-state index contributed by atoms with van der Waals surface area (Å²) in [6, 6.07) is 7.45. The van der Waals surface area contributed by atoms with Crippen molar-refractivity contribution in [3.05, 3.63) is 53.8 Å². The molecule has 1 fully saturated rings. The quantitative estimate of drug-likeness (QED) is 0.561. The van der Waals surface area contributed by atoms with E-state index in [9.17, 15) is 22.8 Å². The maximum absolute atomic E-state index is 14.2. The van der Waals surface area contributed by atoms with E-state index in [0.29, 0.717) is 16.9 Å². The summed E-state index contributed by atoms with van der Waals surface area (Å²) in [5.41, 5.74) is 0.522. The molecule has 2 amide bonds. The zero-order valence-electron chi connectivity index (χ0n) is 17.5. The molecule has 4 rings (SSSR count). The summed E-state index contributed by atoms with van der Waals surface area (Å²) in [7, 11) is 3.71. The lowest BCUT2D eigenvalue weighted by Gasteiger charge is -2.24. The van der Waals surface area contributed by atoms with Crippen LogP contribution in [0.5, 0.6) is 0 Å². The SMILES string of the molecule is CN(C)CCN(C(=O)C1CC(=O)N(c2ccc(F)cc2)C1)c1nc2c(F)cc(F)cc2s1. The number of hydrogen-bond donors (Lipinski definition) is 0. The average molecular weight is 462 g/mol. The van der Waals surface area contributed by atoms with Gasteiger partial charge in [-0.15, -0.1) is 0 Å². The second-order valence-corrected chi connectivity index (χ2v) is 8.91. The van der Waals surface area contributed by atoms with Gasteiger partial charge in [-0.05, 0) is 44.4 Å². The third-order valence-corrected chi connectivity index (χ3v) is 6.31. The Labute approximate surface area is 186 Å².